The van der Waals surface area contributed by atoms with Crippen molar-refractivity contribution in [2.75, 3.05) is 32.4 Å². The zero-order chi connectivity index (χ0) is 67.5. The number of methoxy groups -OCH3 is 3. The predicted molar refractivity (Wildman–Crippen MR) is 384 cm³/mol. The molecule has 0 bridgehead atoms. The number of halogens is 8. The van der Waals surface area contributed by atoms with Crippen molar-refractivity contribution in [1.82, 2.24) is 9.97 Å². The molecule has 2 aromatic heterocycles. The Labute approximate surface area is 589 Å². The summed E-state index contributed by atoms with van der Waals surface area (Å²) in [6.07, 6.45) is 4.40. The lowest BCUT2D eigenvalue weighted by Crippen LogP contribution is -2.42. The highest BCUT2D eigenvalue weighted by Crippen LogP contribution is 2.61. The number of rotatable bonds is 7. The zero-order valence-electron chi connectivity index (χ0n) is 50.4. The maximum atomic E-state index is 11.7. The van der Waals surface area contributed by atoms with Gasteiger partial charge in [-0.1, -0.05) is 127 Å². The fourth-order valence-corrected chi connectivity index (χ4v) is 8.42. The van der Waals surface area contributed by atoms with E-state index in [1.165, 1.54) is 72.4 Å². The molecule has 2 aliphatic rings. The lowest BCUT2D eigenvalue weighted by Gasteiger charge is -2.29. The number of nitrogens with two attached hydrogens (primary N) is 1. The number of carbonyl (C=O) groups excluding carboxylic acids is 4. The van der Waals surface area contributed by atoms with Crippen LogP contribution in [0.2, 0.25) is 5.02 Å². The second-order valence-corrected chi connectivity index (χ2v) is 29.9. The fraction of sp³-hybridized carbons (Fsp3) is 0.262. The van der Waals surface area contributed by atoms with Crippen LogP contribution in [0.5, 0.6) is 11.5 Å². The van der Waals surface area contributed by atoms with E-state index in [4.69, 9.17) is 31.5 Å². The van der Waals surface area contributed by atoms with Crippen LogP contribution < -0.4 is 21.2 Å². The van der Waals surface area contributed by atoms with Crippen LogP contribution in [0, 0.1) is 27.7 Å². The molecule has 10 rings (SSSR count). The molecule has 4 heterocycles. The number of nitrogen functional groups attached to an aromatic ring is 1. The number of carbonyl (C=O) groups is 4. The molecule has 2 aliphatic heterocycles. The number of cyclic esters (lactones) is 4. The molecule has 0 amide bonds. The number of hydrogen-bond donors (Lipinski definition) is 3. The van der Waals surface area contributed by atoms with Crippen molar-refractivity contribution in [3.05, 3.63) is 213 Å². The molecule has 0 atom stereocenters. The van der Waals surface area contributed by atoms with Crippen LogP contribution in [0.3, 0.4) is 0 Å². The number of nitrogens with zero attached hydrogens (tertiary/aromatic N) is 1. The van der Waals surface area contributed by atoms with Gasteiger partial charge in [-0.05, 0) is 175 Å². The van der Waals surface area contributed by atoms with Crippen LogP contribution in [-0.4, -0.2) is 73.2 Å². The van der Waals surface area contributed by atoms with Crippen LogP contribution in [0.25, 0.3) is 21.8 Å². The van der Waals surface area contributed by atoms with Crippen molar-refractivity contribution < 1.29 is 61.6 Å². The maximum Gasteiger partial charge on any atom is 0.350 e. The lowest BCUT2D eigenvalue weighted by molar-refractivity contribution is -0.252. The molecule has 0 spiro atoms. The Kier molecular flexibility index (Phi) is 37.6. The third-order valence-electron chi connectivity index (χ3n) is 11.2. The highest BCUT2D eigenvalue weighted by atomic mass is 79.9. The Morgan fingerprint density at radius 2 is 1.05 bits per heavy atom. The SMILES string of the molecule is C.C.CC1(C)OC(=O)CC(=O)O1.COC(OC)OC.Cc1cc(N)ccc1Br.Cc1cc(NC=C2C(=O)OC(C)(C)OC2=O)ccc1Br.Cc1cc2[nH]ccc(=O)c2cc1Br.Cc1cc2nccc(Cl)c2cc1Br.O=P(Cl)(Cl)Cl.c1ccc(Oc2ccccc2)cc1. The molecule has 6 aromatic carbocycles. The Balaban J connectivity index is 0.000000538. The number of H-pyrrole nitrogens is 1. The second kappa shape index (κ2) is 41.1. The highest BCUT2D eigenvalue weighted by molar-refractivity contribution is 9.11. The van der Waals surface area contributed by atoms with Gasteiger partial charge in [0.25, 0.3) is 18.1 Å². The van der Waals surface area contributed by atoms with Crippen molar-refractivity contribution >= 4 is 171 Å². The minimum Gasteiger partial charge on any atom is -0.457 e. The van der Waals surface area contributed by atoms with Gasteiger partial charge >= 0.3 is 29.1 Å². The van der Waals surface area contributed by atoms with Gasteiger partial charge in [0, 0.05) is 119 Å². The number of esters is 4. The summed E-state index contributed by atoms with van der Waals surface area (Å²) in [7, 11) is 4.53. The van der Waals surface area contributed by atoms with Gasteiger partial charge in [-0.25, -0.2) is 9.59 Å². The van der Waals surface area contributed by atoms with Gasteiger partial charge in [0.05, 0.1) is 10.5 Å². The first kappa shape index (κ1) is 84.2. The third-order valence-corrected chi connectivity index (χ3v) is 15.0. The first-order valence-electron chi connectivity index (χ1n) is 26.3. The summed E-state index contributed by atoms with van der Waals surface area (Å²) in [6.45, 7) is 13.5. The molecule has 2 fully saturated rings. The number of anilines is 2. The summed E-state index contributed by atoms with van der Waals surface area (Å²) in [5.41, 5.74) is 13.3. The standard InChI is InChI=1S/C14H14BrNO4.C12H10O.C10H7BrClN.C10H8BrNO.C7H8BrN.C6H8O4.C4H10O3.2CH4.Cl3OP/c1-8-6-9(4-5-11(8)15)16-7-10-12(17)19-14(2,3)20-13(10)18;1-3-7-11(8-4-1)13-12-9-5-2-6-10-12;1-6-4-10-7(5-8(6)11)9(12)2-3-13-10;1-6-4-9-7(5-8(6)11)10(13)2-3-12-9;1-5-4-6(9)2-3-7(5)8;1-6(2)9-4(7)3-5(8)10-6;1-5-4(6-2)7-3;;;1-5(2,3)4/h4-7,16H,1-3H3;1-10H;2-5H,1H3;2-5H,1H3,(H,12,13);2-4H,9H2,1H3;3H2,1-2H3;4H,1-3H3;2*1H4;. The van der Waals surface area contributed by atoms with Crippen molar-refractivity contribution in [2.45, 2.75) is 94.7 Å². The van der Waals surface area contributed by atoms with E-state index in [1.807, 2.05) is 149 Å². The van der Waals surface area contributed by atoms with E-state index in [-0.39, 0.29) is 32.3 Å². The van der Waals surface area contributed by atoms with E-state index >= 15 is 0 Å². The van der Waals surface area contributed by atoms with Gasteiger partial charge in [-0.3, -0.25) is 23.9 Å². The van der Waals surface area contributed by atoms with E-state index in [0.29, 0.717) is 0 Å². The zero-order valence-corrected chi connectivity index (χ0v) is 60.7. The summed E-state index contributed by atoms with van der Waals surface area (Å²) in [4.78, 5) is 63.3. The second-order valence-electron chi connectivity index (χ2n) is 19.4. The molecular weight excluding hydrogens is 1550 g/mol. The topological polar surface area (TPSA) is 243 Å². The predicted octanol–water partition coefficient (Wildman–Crippen LogP) is 19.8. The molecule has 18 nitrogen and oxygen atoms in total. The average Bonchev–Trinajstić information content (AvgIpc) is 0.881. The van der Waals surface area contributed by atoms with E-state index in [1.54, 1.807) is 18.5 Å². The van der Waals surface area contributed by atoms with Crippen molar-refractivity contribution in [1.29, 1.82) is 0 Å². The molecule has 0 unspecified atom stereocenters. The molecule has 498 valence electrons. The number of para-hydroxylation sites is 2. The number of aryl methyl sites for hydroxylation is 4. The molecule has 2 saturated heterocycles. The molecule has 0 saturated carbocycles. The molecule has 8 aromatic rings. The summed E-state index contributed by atoms with van der Waals surface area (Å²) in [5.74, 6) is -3.02. The van der Waals surface area contributed by atoms with Gasteiger partial charge in [-0.15, -0.1) is 0 Å². The smallest absolute Gasteiger partial charge is 0.350 e. The van der Waals surface area contributed by atoms with Gasteiger partial charge in [0.1, 0.15) is 17.9 Å². The first-order valence-corrected chi connectivity index (χ1v) is 34.3. The number of benzene rings is 6. The molecule has 0 radical (unpaired) electrons. The monoisotopic (exact) mass is 1620 g/mol. The van der Waals surface area contributed by atoms with E-state index in [0.717, 1.165) is 78.7 Å². The van der Waals surface area contributed by atoms with Crippen molar-refractivity contribution in [3.8, 4) is 11.5 Å². The van der Waals surface area contributed by atoms with Crippen molar-refractivity contribution in [2.24, 2.45) is 0 Å². The Hall–Kier alpha value is -5.85. The summed E-state index contributed by atoms with van der Waals surface area (Å²) >= 11 is 33.5. The first-order chi connectivity index (χ1) is 42.1. The number of pyridine rings is 2. The van der Waals surface area contributed by atoms with Crippen LogP contribution in [0.4, 0.5) is 11.4 Å². The van der Waals surface area contributed by atoms with E-state index in [2.05, 4.69) is 136 Å². The number of nitrogens with one attached hydrogen (secondary N) is 2. The molecule has 92 heavy (non-hydrogen) atoms. The Morgan fingerprint density at radius 3 is 1.50 bits per heavy atom. The summed E-state index contributed by atoms with van der Waals surface area (Å²) in [5, 5.41) is 2.12. The minimum atomic E-state index is -3.22. The maximum absolute atomic E-state index is 11.7. The number of aromatic nitrogens is 2. The van der Waals surface area contributed by atoms with Gasteiger partial charge in [-0.2, -0.15) is 0 Å². The van der Waals surface area contributed by atoms with Gasteiger partial charge in [0.2, 0.25) is 0 Å². The quantitative estimate of drug-likeness (QED) is 0.0255. The highest BCUT2D eigenvalue weighted by Gasteiger charge is 2.39. The number of aromatic amines is 1. The number of hydrogen-bond acceptors (Lipinski definition) is 17. The number of fused-ring (bicyclic) bond motifs is 2. The van der Waals surface area contributed by atoms with E-state index < -0.39 is 47.1 Å². The van der Waals surface area contributed by atoms with Crippen molar-refractivity contribution in [3.63, 3.8) is 0 Å². The molecular formula is C65H73Br4Cl4N4O14P. The van der Waals surface area contributed by atoms with Gasteiger partial charge in [0.15, 0.2) is 11.0 Å². The van der Waals surface area contributed by atoms with Crippen LogP contribution in [-0.2, 0) is 56.9 Å². The van der Waals surface area contributed by atoms with E-state index in [9.17, 15) is 28.5 Å². The molecule has 0 aliphatic carbocycles. The summed E-state index contributed by atoms with van der Waals surface area (Å²) < 4.78 is 52.3. The average molecular weight is 1630 g/mol. The Morgan fingerprint density at radius 1 is 0.609 bits per heavy atom. The molecule has 4 N–H and O–H groups in total. The number of ether oxygens (including phenoxy) is 8. The normalized spacial score (nSPS) is 13.0. The minimum absolute atomic E-state index is 0. The largest absolute Gasteiger partial charge is 0.457 e. The lowest BCUT2D eigenvalue weighted by atomic mass is 10.1. The Bertz CT molecular complexity index is 3750. The third kappa shape index (κ3) is 31.9. The van der Waals surface area contributed by atoms with Crippen LogP contribution >= 0.6 is 114 Å². The fourth-order valence-electron chi connectivity index (χ4n) is 7.04. The van der Waals surface area contributed by atoms with Gasteiger partial charge < -0.3 is 53.9 Å². The molecule has 27 heteroatoms. The summed E-state index contributed by atoms with van der Waals surface area (Å²) in [6, 6.07) is 42.0. The van der Waals surface area contributed by atoms with Crippen LogP contribution in [0.15, 0.2) is 180 Å². The van der Waals surface area contributed by atoms with Crippen LogP contribution in [0.1, 0.15) is 71.2 Å².